The van der Waals surface area contributed by atoms with Gasteiger partial charge in [0.25, 0.3) is 0 Å². The van der Waals surface area contributed by atoms with Crippen molar-refractivity contribution in [1.29, 1.82) is 0 Å². The van der Waals surface area contributed by atoms with Crippen LogP contribution in [0.15, 0.2) is 36.5 Å². The molecule has 5 heteroatoms. The Morgan fingerprint density at radius 2 is 1.89 bits per heavy atom. The summed E-state index contributed by atoms with van der Waals surface area (Å²) in [6, 6.07) is 9.12. The van der Waals surface area contributed by atoms with Gasteiger partial charge in [-0.05, 0) is 0 Å². The molecule has 1 N–H and O–H groups in total. The molecule has 3 nitrogen and oxygen atoms in total. The second-order valence-electron chi connectivity index (χ2n) is 4.30. The third-order valence-electron chi connectivity index (χ3n) is 2.77. The zero-order valence-corrected chi connectivity index (χ0v) is 12.5. The van der Waals surface area contributed by atoms with E-state index in [4.69, 9.17) is 5.11 Å². The minimum atomic E-state index is -1.28. The van der Waals surface area contributed by atoms with E-state index in [0.717, 1.165) is 11.8 Å². The summed E-state index contributed by atoms with van der Waals surface area (Å²) in [5.41, 5.74) is 5.38. The summed E-state index contributed by atoms with van der Waals surface area (Å²) in [7, 11) is 0. The second kappa shape index (κ2) is 5.53. The maximum atomic E-state index is 13.3. The summed E-state index contributed by atoms with van der Waals surface area (Å²) >= 11 is -0.916. The molecular weight excluding hydrogens is 308 g/mol. The number of nitrogens with zero attached hydrogens (tertiary/aromatic N) is 1. The van der Waals surface area contributed by atoms with Gasteiger partial charge in [-0.1, -0.05) is 0 Å². The van der Waals surface area contributed by atoms with Crippen molar-refractivity contribution in [3.05, 3.63) is 47.9 Å². The van der Waals surface area contributed by atoms with Gasteiger partial charge < -0.3 is 0 Å². The molecule has 2 aromatic rings. The summed E-state index contributed by atoms with van der Waals surface area (Å²) in [5, 5.41) is 8.89. The van der Waals surface area contributed by atoms with Crippen molar-refractivity contribution in [2.24, 2.45) is 0 Å². The number of carboxylic acids is 1. The molecule has 0 spiro atoms. The number of rotatable bonds is 3. The van der Waals surface area contributed by atoms with Crippen LogP contribution in [0, 0.1) is 5.82 Å². The van der Waals surface area contributed by atoms with Gasteiger partial charge in [-0.3, -0.25) is 0 Å². The second-order valence-corrected chi connectivity index (χ2v) is 9.13. The van der Waals surface area contributed by atoms with Crippen molar-refractivity contribution in [3.63, 3.8) is 0 Å². The van der Waals surface area contributed by atoms with Crippen LogP contribution in [0.3, 0.4) is 0 Å². The summed E-state index contributed by atoms with van der Waals surface area (Å²) in [4.78, 5) is 14.8. The van der Waals surface area contributed by atoms with E-state index in [-0.39, 0.29) is 5.56 Å². The van der Waals surface area contributed by atoms with E-state index in [0.29, 0.717) is 5.69 Å². The van der Waals surface area contributed by atoms with Crippen molar-refractivity contribution >= 4 is 25.0 Å². The van der Waals surface area contributed by atoms with Crippen LogP contribution in [0.2, 0.25) is 11.4 Å². The number of pyridine rings is 1. The molecule has 98 valence electrons. The molecule has 2 rings (SSSR count). The van der Waals surface area contributed by atoms with E-state index in [9.17, 15) is 9.18 Å². The van der Waals surface area contributed by atoms with Gasteiger partial charge in [-0.25, -0.2) is 0 Å². The first-order chi connectivity index (χ1) is 8.99. The minimum absolute atomic E-state index is 0.354. The van der Waals surface area contributed by atoms with Crippen LogP contribution < -0.4 is 4.35 Å². The summed E-state index contributed by atoms with van der Waals surface area (Å²) in [5.74, 6) is -2.10. The van der Waals surface area contributed by atoms with Gasteiger partial charge >= 0.3 is 115 Å². The Balaban J connectivity index is 2.41. The first kappa shape index (κ1) is 13.8. The zero-order valence-electron chi connectivity index (χ0n) is 10.6. The van der Waals surface area contributed by atoms with E-state index in [1.165, 1.54) is 10.4 Å². The molecule has 0 amide bonds. The number of carboxylic acid groups (broad SMARTS) is 1. The molecule has 0 bridgehead atoms. The molecule has 0 aliphatic heterocycles. The number of aromatic nitrogens is 1. The average molecular weight is 321 g/mol. The van der Waals surface area contributed by atoms with Crippen LogP contribution in [0.1, 0.15) is 10.4 Å². The number of aromatic carboxylic acids is 1. The predicted molar refractivity (Wildman–Crippen MR) is 73.7 cm³/mol. The zero-order chi connectivity index (χ0) is 14.0. The first-order valence-corrected chi connectivity index (χ1v) is 10.3. The Morgan fingerprint density at radius 3 is 2.42 bits per heavy atom. The monoisotopic (exact) mass is 321 g/mol. The summed E-state index contributed by atoms with van der Waals surface area (Å²) in [6.45, 7) is 0. The predicted octanol–water partition coefficient (Wildman–Crippen LogP) is 2.55. The Kier molecular flexibility index (Phi) is 4.01. The van der Waals surface area contributed by atoms with Crippen LogP contribution in [0.25, 0.3) is 11.3 Å². The van der Waals surface area contributed by atoms with Gasteiger partial charge in [-0.15, -0.1) is 0 Å². The molecule has 1 aromatic carbocycles. The van der Waals surface area contributed by atoms with E-state index >= 15 is 0 Å². The standard InChI is InChI=1S/C14H13AsFNO2/c1-15(2)10-5-3-9(4-6-10)13-7-11(14(18)19)12(16)8-17-13/h3-8H,1-2H3,(H,18,19). The SMILES string of the molecule is C[As](C)c1ccc(-c2cc(C(=O)O)c(F)cn2)cc1. The molecular formula is C14H13AsFNO2. The van der Waals surface area contributed by atoms with E-state index in [1.54, 1.807) is 0 Å². The van der Waals surface area contributed by atoms with Crippen molar-refractivity contribution in [2.75, 3.05) is 0 Å². The van der Waals surface area contributed by atoms with Crippen LogP contribution >= 0.6 is 0 Å². The fourth-order valence-corrected chi connectivity index (χ4v) is 3.25. The van der Waals surface area contributed by atoms with Crippen LogP contribution in [-0.4, -0.2) is 30.7 Å². The Labute approximate surface area is 115 Å². The molecule has 0 saturated carbocycles. The third kappa shape index (κ3) is 3.02. The van der Waals surface area contributed by atoms with Crippen LogP contribution in [0.4, 0.5) is 4.39 Å². The molecule has 0 fully saturated rings. The number of carbonyl (C=O) groups is 1. The fraction of sp³-hybridized carbons (Fsp3) is 0.143. The molecule has 0 atom stereocenters. The van der Waals surface area contributed by atoms with E-state index in [1.807, 2.05) is 24.3 Å². The number of benzene rings is 1. The number of hydrogen-bond donors (Lipinski definition) is 1. The van der Waals surface area contributed by atoms with E-state index < -0.39 is 26.4 Å². The van der Waals surface area contributed by atoms with Crippen molar-refractivity contribution < 1.29 is 14.3 Å². The third-order valence-corrected chi connectivity index (χ3v) is 5.56. The summed E-state index contributed by atoms with van der Waals surface area (Å²) in [6.07, 6.45) is 0.949. The van der Waals surface area contributed by atoms with Crippen LogP contribution in [-0.2, 0) is 0 Å². The Hall–Kier alpha value is -1.67. The quantitative estimate of drug-likeness (QED) is 0.884. The molecule has 0 radical (unpaired) electrons. The van der Waals surface area contributed by atoms with Gasteiger partial charge in [0.05, 0.1) is 0 Å². The van der Waals surface area contributed by atoms with Gasteiger partial charge in [-0.2, -0.15) is 0 Å². The van der Waals surface area contributed by atoms with Gasteiger partial charge in [0.15, 0.2) is 0 Å². The topological polar surface area (TPSA) is 50.2 Å². The Bertz CT molecular complexity index is 611. The van der Waals surface area contributed by atoms with Gasteiger partial charge in [0, 0.05) is 0 Å². The molecule has 1 aromatic heterocycles. The molecule has 0 saturated heterocycles. The normalized spacial score (nSPS) is 10.7. The van der Waals surface area contributed by atoms with Gasteiger partial charge in [0.1, 0.15) is 0 Å². The van der Waals surface area contributed by atoms with Crippen molar-refractivity contribution in [1.82, 2.24) is 4.98 Å². The number of hydrogen-bond acceptors (Lipinski definition) is 2. The first-order valence-electron chi connectivity index (χ1n) is 5.65. The molecule has 0 unspecified atom stereocenters. The summed E-state index contributed by atoms with van der Waals surface area (Å²) < 4.78 is 14.6. The van der Waals surface area contributed by atoms with Crippen LogP contribution in [0.5, 0.6) is 0 Å². The molecule has 0 aliphatic carbocycles. The molecule has 0 aliphatic rings. The average Bonchev–Trinajstić information content (AvgIpc) is 2.39. The van der Waals surface area contributed by atoms with Crippen molar-refractivity contribution in [3.8, 4) is 11.3 Å². The van der Waals surface area contributed by atoms with Gasteiger partial charge in [0.2, 0.25) is 0 Å². The maximum absolute atomic E-state index is 13.3. The number of halogens is 1. The molecule has 19 heavy (non-hydrogen) atoms. The molecule has 1 heterocycles. The van der Waals surface area contributed by atoms with Crippen molar-refractivity contribution in [2.45, 2.75) is 11.4 Å². The Morgan fingerprint density at radius 1 is 1.26 bits per heavy atom. The van der Waals surface area contributed by atoms with E-state index in [2.05, 4.69) is 16.4 Å². The fourth-order valence-electron chi connectivity index (χ4n) is 1.69.